The Morgan fingerprint density at radius 1 is 1.20 bits per heavy atom. The molecule has 7 nitrogen and oxygen atoms in total. The zero-order chi connectivity index (χ0) is 17.9. The van der Waals surface area contributed by atoms with Gasteiger partial charge in [0.05, 0.1) is 12.5 Å². The maximum Gasteiger partial charge on any atom is 0.317 e. The molecule has 1 saturated carbocycles. The van der Waals surface area contributed by atoms with Gasteiger partial charge >= 0.3 is 12.0 Å². The first kappa shape index (κ1) is 18.5. The number of carboxylic acids is 1. The predicted octanol–water partition coefficient (Wildman–Crippen LogP) is 2.20. The highest BCUT2D eigenvalue weighted by atomic mass is 16.7. The number of amides is 2. The highest BCUT2D eigenvalue weighted by Crippen LogP contribution is 2.36. The molecule has 2 amide bonds. The monoisotopic (exact) mass is 354 g/mol. The number of nitrogens with zero attached hydrogens (tertiary/aromatic N) is 1. The molecule has 2 saturated heterocycles. The predicted molar refractivity (Wildman–Crippen MR) is 91.1 cm³/mol. The third-order valence-corrected chi connectivity index (χ3v) is 5.56. The van der Waals surface area contributed by atoms with Crippen LogP contribution in [0.25, 0.3) is 0 Å². The number of carboxylic acid groups (broad SMARTS) is 1. The van der Waals surface area contributed by atoms with Gasteiger partial charge in [-0.3, -0.25) is 4.79 Å². The number of aliphatic carboxylic acids is 1. The molecule has 7 heteroatoms. The second-order valence-corrected chi connectivity index (χ2v) is 7.84. The molecule has 2 N–H and O–H groups in total. The Balaban J connectivity index is 1.47. The zero-order valence-electron chi connectivity index (χ0n) is 15.0. The second-order valence-electron chi connectivity index (χ2n) is 7.84. The number of rotatable bonds is 3. The first-order valence-electron chi connectivity index (χ1n) is 9.55. The Morgan fingerprint density at radius 2 is 1.92 bits per heavy atom. The van der Waals surface area contributed by atoms with Gasteiger partial charge in [-0.15, -0.1) is 0 Å². The fourth-order valence-corrected chi connectivity index (χ4v) is 4.26. The van der Waals surface area contributed by atoms with Gasteiger partial charge in [-0.25, -0.2) is 4.79 Å². The Bertz CT molecular complexity index is 490. The van der Waals surface area contributed by atoms with Crippen LogP contribution in [0.15, 0.2) is 0 Å². The first-order valence-corrected chi connectivity index (χ1v) is 9.55. The van der Waals surface area contributed by atoms with E-state index in [1.165, 1.54) is 12.8 Å². The summed E-state index contributed by atoms with van der Waals surface area (Å²) < 4.78 is 12.1. The van der Waals surface area contributed by atoms with E-state index in [1.807, 2.05) is 6.92 Å². The van der Waals surface area contributed by atoms with Gasteiger partial charge in [0.15, 0.2) is 5.79 Å². The van der Waals surface area contributed by atoms with E-state index in [9.17, 15) is 14.7 Å². The van der Waals surface area contributed by atoms with Crippen molar-refractivity contribution in [3.63, 3.8) is 0 Å². The number of hydrogen-bond donors (Lipinski definition) is 2. The molecule has 1 spiro atoms. The van der Waals surface area contributed by atoms with E-state index in [4.69, 9.17) is 9.47 Å². The molecule has 0 bridgehead atoms. The molecule has 2 heterocycles. The van der Waals surface area contributed by atoms with Gasteiger partial charge in [-0.1, -0.05) is 19.8 Å². The van der Waals surface area contributed by atoms with E-state index in [0.29, 0.717) is 26.1 Å². The maximum absolute atomic E-state index is 12.4. The van der Waals surface area contributed by atoms with Gasteiger partial charge in [0.1, 0.15) is 6.10 Å². The summed E-state index contributed by atoms with van der Waals surface area (Å²) in [5.74, 6) is -1.55. The minimum atomic E-state index is -0.827. The van der Waals surface area contributed by atoms with Crippen molar-refractivity contribution in [1.29, 1.82) is 0 Å². The van der Waals surface area contributed by atoms with Crippen LogP contribution in [0.3, 0.4) is 0 Å². The highest BCUT2D eigenvalue weighted by Gasteiger charge is 2.41. The number of ether oxygens (including phenoxy) is 2. The SMILES string of the molecule is CC1CC(C(=O)O)CN(C(=O)NCC2COC3(CCCCCC3)O2)C1. The van der Waals surface area contributed by atoms with E-state index in [2.05, 4.69) is 5.32 Å². The third kappa shape index (κ3) is 4.64. The maximum atomic E-state index is 12.4. The van der Waals surface area contributed by atoms with Gasteiger partial charge in [0.25, 0.3) is 0 Å². The topological polar surface area (TPSA) is 88.1 Å². The summed E-state index contributed by atoms with van der Waals surface area (Å²) in [5.41, 5.74) is 0. The quantitative estimate of drug-likeness (QED) is 0.811. The van der Waals surface area contributed by atoms with E-state index < -0.39 is 17.7 Å². The molecule has 0 aromatic rings. The molecule has 0 aromatic heterocycles. The summed E-state index contributed by atoms with van der Waals surface area (Å²) in [6.07, 6.45) is 7.08. The molecule has 2 aliphatic heterocycles. The molecule has 3 atom stereocenters. The average Bonchev–Trinajstić information content (AvgIpc) is 2.83. The lowest BCUT2D eigenvalue weighted by Crippen LogP contribution is -2.50. The van der Waals surface area contributed by atoms with Crippen molar-refractivity contribution in [2.75, 3.05) is 26.2 Å². The van der Waals surface area contributed by atoms with Crippen LogP contribution < -0.4 is 5.32 Å². The third-order valence-electron chi connectivity index (χ3n) is 5.56. The van der Waals surface area contributed by atoms with Crippen molar-refractivity contribution < 1.29 is 24.2 Å². The standard InChI is InChI=1S/C18H30N2O5/c1-13-8-14(16(21)22)11-20(10-13)17(23)19-9-15-12-24-18(25-15)6-4-2-3-5-7-18/h13-15H,2-12H2,1H3,(H,19,23)(H,21,22). The van der Waals surface area contributed by atoms with Gasteiger partial charge in [-0.2, -0.15) is 0 Å². The molecular formula is C18H30N2O5. The van der Waals surface area contributed by atoms with Crippen molar-refractivity contribution in [3.05, 3.63) is 0 Å². The van der Waals surface area contributed by atoms with Gasteiger partial charge in [-0.05, 0) is 25.2 Å². The number of urea groups is 1. The van der Waals surface area contributed by atoms with Crippen LogP contribution in [0.1, 0.15) is 51.9 Å². The average molecular weight is 354 g/mol. The molecule has 142 valence electrons. The van der Waals surface area contributed by atoms with Gasteiger partial charge in [0, 0.05) is 32.5 Å². The molecule has 3 fully saturated rings. The zero-order valence-corrected chi connectivity index (χ0v) is 15.0. The van der Waals surface area contributed by atoms with Crippen molar-refractivity contribution in [3.8, 4) is 0 Å². The minimum Gasteiger partial charge on any atom is -0.481 e. The summed E-state index contributed by atoms with van der Waals surface area (Å²) >= 11 is 0. The summed E-state index contributed by atoms with van der Waals surface area (Å²) in [6.45, 7) is 3.77. The molecule has 25 heavy (non-hydrogen) atoms. The molecule has 0 radical (unpaired) electrons. The number of carbonyl (C=O) groups excluding carboxylic acids is 1. The van der Waals surface area contributed by atoms with E-state index in [-0.39, 0.29) is 24.6 Å². The van der Waals surface area contributed by atoms with Crippen molar-refractivity contribution in [1.82, 2.24) is 10.2 Å². The molecule has 3 unspecified atom stereocenters. The summed E-state index contributed by atoms with van der Waals surface area (Å²) in [5, 5.41) is 12.1. The molecule has 3 rings (SSSR count). The minimum absolute atomic E-state index is 0.125. The summed E-state index contributed by atoms with van der Waals surface area (Å²) in [4.78, 5) is 25.3. The number of likely N-dealkylation sites (tertiary alicyclic amines) is 1. The lowest BCUT2D eigenvalue weighted by atomic mass is 9.91. The van der Waals surface area contributed by atoms with Crippen LogP contribution in [0.4, 0.5) is 4.79 Å². The Kier molecular flexibility index (Phi) is 5.84. The summed E-state index contributed by atoms with van der Waals surface area (Å²) in [7, 11) is 0. The fraction of sp³-hybridized carbons (Fsp3) is 0.889. The Morgan fingerprint density at radius 3 is 2.60 bits per heavy atom. The Labute approximate surface area is 149 Å². The van der Waals surface area contributed by atoms with Crippen LogP contribution >= 0.6 is 0 Å². The van der Waals surface area contributed by atoms with Crippen molar-refractivity contribution >= 4 is 12.0 Å². The van der Waals surface area contributed by atoms with Crippen LogP contribution in [0.5, 0.6) is 0 Å². The molecule has 3 aliphatic rings. The van der Waals surface area contributed by atoms with Gasteiger partial charge in [0.2, 0.25) is 0 Å². The molecular weight excluding hydrogens is 324 g/mol. The van der Waals surface area contributed by atoms with Crippen molar-refractivity contribution in [2.45, 2.75) is 63.8 Å². The van der Waals surface area contributed by atoms with Crippen LogP contribution in [0, 0.1) is 11.8 Å². The number of hydrogen-bond acceptors (Lipinski definition) is 4. The highest BCUT2D eigenvalue weighted by molar-refractivity contribution is 5.76. The Hall–Kier alpha value is -1.34. The van der Waals surface area contributed by atoms with Crippen molar-refractivity contribution in [2.24, 2.45) is 11.8 Å². The fourth-order valence-electron chi connectivity index (χ4n) is 4.26. The van der Waals surface area contributed by atoms with Gasteiger partial charge < -0.3 is 24.8 Å². The van der Waals surface area contributed by atoms with Crippen LogP contribution in [-0.2, 0) is 14.3 Å². The first-order chi connectivity index (χ1) is 12.0. The lowest BCUT2D eigenvalue weighted by Gasteiger charge is -2.34. The van der Waals surface area contributed by atoms with Crippen LogP contribution in [-0.4, -0.2) is 60.1 Å². The van der Waals surface area contributed by atoms with E-state index in [0.717, 1.165) is 25.7 Å². The lowest BCUT2D eigenvalue weighted by molar-refractivity contribution is -0.175. The van der Waals surface area contributed by atoms with Crippen LogP contribution in [0.2, 0.25) is 0 Å². The molecule has 0 aromatic carbocycles. The second kappa shape index (κ2) is 7.91. The molecule has 1 aliphatic carbocycles. The van der Waals surface area contributed by atoms with E-state index in [1.54, 1.807) is 4.90 Å². The number of nitrogens with one attached hydrogen (secondary N) is 1. The summed E-state index contributed by atoms with van der Waals surface area (Å²) in [6, 6.07) is -0.205. The number of carbonyl (C=O) groups is 2. The number of piperidine rings is 1. The largest absolute Gasteiger partial charge is 0.481 e. The normalized spacial score (nSPS) is 32.4. The smallest absolute Gasteiger partial charge is 0.317 e. The van der Waals surface area contributed by atoms with E-state index >= 15 is 0 Å².